The van der Waals surface area contributed by atoms with E-state index in [9.17, 15) is 0 Å². The number of rotatable bonds is 5. The lowest BCUT2D eigenvalue weighted by Crippen LogP contribution is -2.26. The van der Waals surface area contributed by atoms with Gasteiger partial charge in [-0.25, -0.2) is 0 Å². The van der Waals surface area contributed by atoms with E-state index in [0.29, 0.717) is 11.8 Å². The molecule has 0 aromatic heterocycles. The molecule has 0 fully saturated rings. The first-order valence-corrected chi connectivity index (χ1v) is 13.2. The highest BCUT2D eigenvalue weighted by Crippen LogP contribution is 2.45. The van der Waals surface area contributed by atoms with Crippen molar-refractivity contribution in [1.82, 2.24) is 4.90 Å². The van der Waals surface area contributed by atoms with Gasteiger partial charge >= 0.3 is 0 Å². The Morgan fingerprint density at radius 2 is 1.17 bits per heavy atom. The number of benzene rings is 3. The Kier molecular flexibility index (Phi) is 6.23. The summed E-state index contributed by atoms with van der Waals surface area (Å²) in [6.45, 7) is 15.4. The van der Waals surface area contributed by atoms with Crippen molar-refractivity contribution in [1.29, 1.82) is 0 Å². The molecule has 5 rings (SSSR count). The maximum absolute atomic E-state index is 2.46. The second-order valence-corrected chi connectivity index (χ2v) is 11.1. The van der Waals surface area contributed by atoms with Crippen LogP contribution in [0.1, 0.15) is 64.5 Å². The second kappa shape index (κ2) is 9.24. The minimum absolute atomic E-state index is 0.450. The van der Waals surface area contributed by atoms with Crippen LogP contribution in [0.15, 0.2) is 72.1 Å². The van der Waals surface area contributed by atoms with E-state index >= 15 is 0 Å². The van der Waals surface area contributed by atoms with Crippen LogP contribution < -0.4 is 14.7 Å². The molecule has 0 aliphatic carbocycles. The SMILES string of the molecule is CC1=C(C)N(c2cc(-c3c(C(C)C)cccc3C(C)C)cc(N3CN(C)c4ccccc43)c2)CN1C. The molecule has 3 aromatic rings. The van der Waals surface area contributed by atoms with Crippen molar-refractivity contribution >= 4 is 22.7 Å². The first-order valence-electron chi connectivity index (χ1n) is 13.2. The fraction of sp³-hybridized carbons (Fsp3) is 0.375. The van der Waals surface area contributed by atoms with Crippen LogP contribution in [-0.2, 0) is 0 Å². The third-order valence-corrected chi connectivity index (χ3v) is 7.98. The van der Waals surface area contributed by atoms with Crippen molar-refractivity contribution in [2.75, 3.05) is 42.1 Å². The van der Waals surface area contributed by atoms with Gasteiger partial charge in [0.05, 0.1) is 24.7 Å². The molecule has 0 amide bonds. The van der Waals surface area contributed by atoms with Crippen molar-refractivity contribution < 1.29 is 0 Å². The van der Waals surface area contributed by atoms with Gasteiger partial charge in [0.1, 0.15) is 0 Å². The first kappa shape index (κ1) is 24.3. The zero-order valence-electron chi connectivity index (χ0n) is 23.1. The summed E-state index contributed by atoms with van der Waals surface area (Å²) in [5.74, 6) is 0.900. The minimum atomic E-state index is 0.450. The normalized spacial score (nSPS) is 15.7. The average molecular weight is 481 g/mol. The quantitative estimate of drug-likeness (QED) is 0.366. The van der Waals surface area contributed by atoms with Crippen LogP contribution in [0.25, 0.3) is 11.1 Å². The predicted octanol–water partition coefficient (Wildman–Crippen LogP) is 8.11. The molecule has 0 saturated heterocycles. The Labute approximate surface area is 217 Å². The van der Waals surface area contributed by atoms with Gasteiger partial charge in [-0.2, -0.15) is 0 Å². The summed E-state index contributed by atoms with van der Waals surface area (Å²) in [7, 11) is 4.36. The van der Waals surface area contributed by atoms with E-state index in [2.05, 4.69) is 136 Å². The van der Waals surface area contributed by atoms with Crippen LogP contribution in [0.5, 0.6) is 0 Å². The largest absolute Gasteiger partial charge is 0.359 e. The molecule has 188 valence electrons. The van der Waals surface area contributed by atoms with Crippen molar-refractivity contribution in [3.05, 3.63) is 83.2 Å². The Bertz CT molecular complexity index is 1290. The fourth-order valence-corrected chi connectivity index (χ4v) is 5.71. The third kappa shape index (κ3) is 4.03. The lowest BCUT2D eigenvalue weighted by Gasteiger charge is -2.28. The summed E-state index contributed by atoms with van der Waals surface area (Å²) in [5, 5.41) is 0. The van der Waals surface area contributed by atoms with Crippen LogP contribution >= 0.6 is 0 Å². The highest BCUT2D eigenvalue weighted by Gasteiger charge is 2.28. The zero-order chi connectivity index (χ0) is 25.7. The molecular formula is C32H40N4. The molecule has 0 saturated carbocycles. The number of hydrogen-bond donors (Lipinski definition) is 0. The first-order chi connectivity index (χ1) is 17.2. The van der Waals surface area contributed by atoms with Crippen molar-refractivity contribution in [3.8, 4) is 11.1 Å². The molecule has 0 unspecified atom stereocenters. The third-order valence-electron chi connectivity index (χ3n) is 7.98. The van der Waals surface area contributed by atoms with Crippen molar-refractivity contribution in [2.45, 2.75) is 53.4 Å². The zero-order valence-corrected chi connectivity index (χ0v) is 23.1. The molecule has 3 aromatic carbocycles. The van der Waals surface area contributed by atoms with E-state index in [1.165, 1.54) is 56.4 Å². The van der Waals surface area contributed by atoms with Crippen LogP contribution in [0.4, 0.5) is 22.7 Å². The Balaban J connectivity index is 1.75. The van der Waals surface area contributed by atoms with E-state index < -0.39 is 0 Å². The summed E-state index contributed by atoms with van der Waals surface area (Å²) in [6.07, 6.45) is 0. The maximum Gasteiger partial charge on any atom is 0.0950 e. The Morgan fingerprint density at radius 3 is 1.72 bits per heavy atom. The summed E-state index contributed by atoms with van der Waals surface area (Å²) < 4.78 is 0. The van der Waals surface area contributed by atoms with Gasteiger partial charge in [0.2, 0.25) is 0 Å². The van der Waals surface area contributed by atoms with E-state index in [-0.39, 0.29) is 0 Å². The number of hydrogen-bond acceptors (Lipinski definition) is 4. The maximum atomic E-state index is 2.46. The highest BCUT2D eigenvalue weighted by molar-refractivity contribution is 5.87. The van der Waals surface area contributed by atoms with Crippen molar-refractivity contribution in [3.63, 3.8) is 0 Å². The molecule has 2 aliphatic rings. The van der Waals surface area contributed by atoms with Gasteiger partial charge in [-0.15, -0.1) is 0 Å². The molecule has 2 aliphatic heterocycles. The minimum Gasteiger partial charge on any atom is -0.359 e. The Hall–Kier alpha value is -3.40. The number of nitrogens with zero attached hydrogens (tertiary/aromatic N) is 4. The number of para-hydroxylation sites is 2. The monoisotopic (exact) mass is 480 g/mol. The van der Waals surface area contributed by atoms with Gasteiger partial charge in [-0.05, 0) is 78.3 Å². The van der Waals surface area contributed by atoms with E-state index in [1.807, 2.05) is 0 Å². The lowest BCUT2D eigenvalue weighted by atomic mass is 9.84. The second-order valence-electron chi connectivity index (χ2n) is 11.1. The predicted molar refractivity (Wildman–Crippen MR) is 155 cm³/mol. The van der Waals surface area contributed by atoms with E-state index in [4.69, 9.17) is 0 Å². The summed E-state index contributed by atoms with van der Waals surface area (Å²) >= 11 is 0. The summed E-state index contributed by atoms with van der Waals surface area (Å²) in [6, 6.07) is 22.8. The van der Waals surface area contributed by atoms with Crippen LogP contribution in [0, 0.1) is 0 Å². The highest BCUT2D eigenvalue weighted by atomic mass is 15.4. The number of anilines is 4. The van der Waals surface area contributed by atoms with Gasteiger partial charge in [-0.1, -0.05) is 58.0 Å². The Morgan fingerprint density at radius 1 is 0.611 bits per heavy atom. The van der Waals surface area contributed by atoms with Gasteiger partial charge in [0.25, 0.3) is 0 Å². The average Bonchev–Trinajstić information content (AvgIpc) is 3.34. The van der Waals surface area contributed by atoms with Gasteiger partial charge in [0, 0.05) is 36.9 Å². The topological polar surface area (TPSA) is 13.0 Å². The molecule has 2 heterocycles. The molecule has 4 nitrogen and oxygen atoms in total. The summed E-state index contributed by atoms with van der Waals surface area (Å²) in [4.78, 5) is 9.59. The standard InChI is InChI=1S/C32H40N4/c1-21(2)28-12-11-13-29(22(3)4)32(28)25-16-26(35-19-33(7)23(5)24(35)6)18-27(17-25)36-20-34(8)30-14-9-10-15-31(30)36/h9-18,21-22H,19-20H2,1-8H3. The fourth-order valence-electron chi connectivity index (χ4n) is 5.71. The van der Waals surface area contributed by atoms with Gasteiger partial charge in [0.15, 0.2) is 0 Å². The smallest absolute Gasteiger partial charge is 0.0950 e. The van der Waals surface area contributed by atoms with E-state index in [0.717, 1.165) is 13.3 Å². The number of fused-ring (bicyclic) bond motifs is 1. The van der Waals surface area contributed by atoms with Crippen LogP contribution in [0.3, 0.4) is 0 Å². The summed E-state index contributed by atoms with van der Waals surface area (Å²) in [5.41, 5.74) is 13.3. The van der Waals surface area contributed by atoms with E-state index in [1.54, 1.807) is 0 Å². The molecule has 4 heteroatoms. The van der Waals surface area contributed by atoms with Crippen LogP contribution in [-0.4, -0.2) is 32.3 Å². The molecule has 0 atom stereocenters. The van der Waals surface area contributed by atoms with Crippen molar-refractivity contribution in [2.24, 2.45) is 0 Å². The molecule has 0 bridgehead atoms. The number of allylic oxidation sites excluding steroid dienone is 2. The molecule has 0 N–H and O–H groups in total. The van der Waals surface area contributed by atoms with Crippen LogP contribution in [0.2, 0.25) is 0 Å². The molecule has 0 radical (unpaired) electrons. The lowest BCUT2D eigenvalue weighted by molar-refractivity contribution is 0.460. The van der Waals surface area contributed by atoms with Gasteiger partial charge in [-0.3, -0.25) is 0 Å². The molecular weight excluding hydrogens is 440 g/mol. The molecule has 36 heavy (non-hydrogen) atoms. The van der Waals surface area contributed by atoms with Gasteiger partial charge < -0.3 is 19.6 Å². The molecule has 0 spiro atoms.